The molecule has 3 heteroatoms. The Morgan fingerprint density at radius 1 is 0.305 bits per heavy atom. The minimum atomic E-state index is 0.339. The summed E-state index contributed by atoms with van der Waals surface area (Å²) in [4.78, 5) is 10.0. The first-order valence-corrected chi connectivity index (χ1v) is 30.0. The Labute approximate surface area is 486 Å². The summed E-state index contributed by atoms with van der Waals surface area (Å²) in [6.45, 7) is 11.2. The molecule has 10 aromatic rings. The van der Waals surface area contributed by atoms with Gasteiger partial charge in [0.2, 0.25) is 0 Å². The van der Waals surface area contributed by atoms with Crippen LogP contribution in [0.4, 0.5) is 11.4 Å². The molecule has 0 N–H and O–H groups in total. The summed E-state index contributed by atoms with van der Waals surface area (Å²) in [6.07, 6.45) is 17.6. The molecule has 0 amide bonds. The van der Waals surface area contributed by atoms with Crippen LogP contribution in [-0.2, 0) is 0 Å². The van der Waals surface area contributed by atoms with E-state index in [1.165, 1.54) is 169 Å². The predicted molar refractivity (Wildman–Crippen MR) is 347 cm³/mol. The van der Waals surface area contributed by atoms with Gasteiger partial charge in [0.1, 0.15) is 0 Å². The molecular formula is C79H71N3. The molecule has 14 rings (SSSR count). The van der Waals surface area contributed by atoms with Crippen molar-refractivity contribution >= 4 is 11.4 Å². The van der Waals surface area contributed by atoms with E-state index in [9.17, 15) is 0 Å². The van der Waals surface area contributed by atoms with Crippen molar-refractivity contribution in [1.82, 2.24) is 4.98 Å². The fourth-order valence-electron chi connectivity index (χ4n) is 14.7. The molecule has 3 heterocycles. The van der Waals surface area contributed by atoms with Crippen LogP contribution >= 0.6 is 0 Å². The first-order valence-electron chi connectivity index (χ1n) is 30.0. The molecule has 2 aliphatic carbocycles. The van der Waals surface area contributed by atoms with Crippen molar-refractivity contribution in [2.24, 2.45) is 10.8 Å². The van der Waals surface area contributed by atoms with E-state index >= 15 is 0 Å². The number of aryl methyl sites for hydroxylation is 2. The fraction of sp³-hybridized carbons (Fsp3) is 0.203. The van der Waals surface area contributed by atoms with Gasteiger partial charge < -0.3 is 9.80 Å². The van der Waals surface area contributed by atoms with E-state index in [0.29, 0.717) is 10.8 Å². The molecule has 2 spiro atoms. The number of benzene rings is 9. The van der Waals surface area contributed by atoms with Crippen molar-refractivity contribution < 1.29 is 0 Å². The Morgan fingerprint density at radius 2 is 0.646 bits per heavy atom. The molecule has 402 valence electrons. The molecule has 1 aromatic heterocycles. The Kier molecular flexibility index (Phi) is 13.3. The van der Waals surface area contributed by atoms with E-state index in [2.05, 4.69) is 268 Å². The third kappa shape index (κ3) is 9.70. The van der Waals surface area contributed by atoms with Crippen LogP contribution in [0.5, 0.6) is 0 Å². The molecule has 2 saturated carbocycles. The van der Waals surface area contributed by atoms with Crippen LogP contribution in [0, 0.1) is 24.7 Å². The second kappa shape index (κ2) is 21.3. The average Bonchev–Trinajstić information content (AvgIpc) is 4.48. The van der Waals surface area contributed by atoms with Gasteiger partial charge in [0, 0.05) is 58.4 Å². The first-order chi connectivity index (χ1) is 40.2. The van der Waals surface area contributed by atoms with E-state index in [0.717, 1.165) is 29.9 Å². The van der Waals surface area contributed by atoms with Crippen LogP contribution in [0.15, 0.2) is 248 Å². The average molecular weight is 1060 g/mol. The van der Waals surface area contributed by atoms with Crippen molar-refractivity contribution in [2.75, 3.05) is 22.9 Å². The molecule has 4 aliphatic rings. The minimum Gasteiger partial charge on any atom is -0.345 e. The number of hydrogen-bond acceptors (Lipinski definition) is 3. The topological polar surface area (TPSA) is 19.4 Å². The van der Waals surface area contributed by atoms with Gasteiger partial charge in [-0.05, 0) is 208 Å². The van der Waals surface area contributed by atoms with Crippen LogP contribution in [0.3, 0.4) is 0 Å². The van der Waals surface area contributed by atoms with Gasteiger partial charge in [-0.2, -0.15) is 0 Å². The molecule has 9 aromatic carbocycles. The third-order valence-electron chi connectivity index (χ3n) is 18.9. The maximum atomic E-state index is 4.92. The quantitative estimate of drug-likeness (QED) is 0.129. The van der Waals surface area contributed by atoms with E-state index < -0.39 is 0 Å². The van der Waals surface area contributed by atoms with Gasteiger partial charge in [0.25, 0.3) is 0 Å². The zero-order chi connectivity index (χ0) is 55.4. The summed E-state index contributed by atoms with van der Waals surface area (Å²) in [5.74, 6) is 0. The highest BCUT2D eigenvalue weighted by Gasteiger charge is 2.40. The Bertz CT molecular complexity index is 3920. The minimum absolute atomic E-state index is 0.339. The van der Waals surface area contributed by atoms with Crippen LogP contribution in [0.25, 0.3) is 100 Å². The highest BCUT2D eigenvalue weighted by Crippen LogP contribution is 2.49. The number of pyridine rings is 1. The Hall–Kier alpha value is -8.79. The molecule has 0 unspecified atom stereocenters. The highest BCUT2D eigenvalue weighted by atomic mass is 15.2. The number of nitrogens with zero attached hydrogens (tertiary/aromatic N) is 3. The third-order valence-corrected chi connectivity index (χ3v) is 18.9. The second-order valence-corrected chi connectivity index (χ2v) is 24.3. The lowest BCUT2D eigenvalue weighted by Crippen LogP contribution is -2.26. The first kappa shape index (κ1) is 51.4. The predicted octanol–water partition coefficient (Wildman–Crippen LogP) is 21.3. The number of rotatable bonds is 11. The lowest BCUT2D eigenvalue weighted by molar-refractivity contribution is 0.427. The van der Waals surface area contributed by atoms with Gasteiger partial charge in [-0.1, -0.05) is 202 Å². The van der Waals surface area contributed by atoms with Crippen LogP contribution < -0.4 is 9.80 Å². The summed E-state index contributed by atoms with van der Waals surface area (Å²) >= 11 is 0. The van der Waals surface area contributed by atoms with Gasteiger partial charge in [0.05, 0.1) is 5.69 Å². The molecule has 0 atom stereocenters. The molecule has 2 fully saturated rings. The summed E-state index contributed by atoms with van der Waals surface area (Å²) in [5.41, 5.74) is 29.9. The Morgan fingerprint density at radius 3 is 1.06 bits per heavy atom. The zero-order valence-corrected chi connectivity index (χ0v) is 47.9. The SMILES string of the molecule is CC1=CC2(CCCC2)CN1c1ccc(-c2ccccc2-c2cc(-c3ccccc3-c3ccc(-c4cc(-c5cc(C)c(-c6ccccc6)cc5C)ccn4)cc3)cc(-c3ccccc3-c3ccc(N4CC5(C=C4C)CCCC5)cc3)c2)cc1. The summed E-state index contributed by atoms with van der Waals surface area (Å²) in [6, 6.07) is 81.7. The second-order valence-electron chi connectivity index (χ2n) is 24.3. The van der Waals surface area contributed by atoms with E-state index in [1.807, 2.05) is 6.20 Å². The molecule has 82 heavy (non-hydrogen) atoms. The molecule has 0 bridgehead atoms. The van der Waals surface area contributed by atoms with Gasteiger partial charge in [-0.3, -0.25) is 4.98 Å². The normalized spacial score (nSPS) is 16.1. The number of anilines is 2. The van der Waals surface area contributed by atoms with Gasteiger partial charge in [-0.15, -0.1) is 0 Å². The molecule has 2 aliphatic heterocycles. The number of aromatic nitrogens is 1. The molecule has 3 nitrogen and oxygen atoms in total. The zero-order valence-electron chi connectivity index (χ0n) is 47.9. The highest BCUT2D eigenvalue weighted by molar-refractivity contribution is 5.94. The summed E-state index contributed by atoms with van der Waals surface area (Å²) in [7, 11) is 0. The monoisotopic (exact) mass is 1060 g/mol. The van der Waals surface area contributed by atoms with Crippen molar-refractivity contribution in [2.45, 2.75) is 79.1 Å². The van der Waals surface area contributed by atoms with E-state index in [-0.39, 0.29) is 0 Å². The van der Waals surface area contributed by atoms with Crippen LogP contribution in [0.2, 0.25) is 0 Å². The van der Waals surface area contributed by atoms with E-state index in [1.54, 1.807) is 0 Å². The maximum absolute atomic E-state index is 4.92. The largest absolute Gasteiger partial charge is 0.345 e. The van der Waals surface area contributed by atoms with E-state index in [4.69, 9.17) is 4.98 Å². The standard InChI is InChI=1S/C79H71N3/c1-54-45-76(55(2)44-75(54)58-18-6-5-7-19-58)63-38-43-80-77(49-63)62-28-26-59(27-29-62)69-20-8-11-23-72(69)64-46-65(73-24-12-9-21-70(73)60-30-34-67(35-31-60)81-52-78(50-56(81)3)39-14-15-40-78)48-66(47-64)74-25-13-10-22-71(74)61-32-36-68(37-33-61)82-53-79(51-57(82)4)41-16-17-42-79/h5-13,18-38,43-51H,14-17,39-42,52-53H2,1-4H3. The van der Waals surface area contributed by atoms with Gasteiger partial charge >= 0.3 is 0 Å². The molecule has 0 radical (unpaired) electrons. The number of hydrogen-bond donors (Lipinski definition) is 0. The van der Waals surface area contributed by atoms with Crippen LogP contribution in [-0.4, -0.2) is 18.1 Å². The lowest BCUT2D eigenvalue weighted by atomic mass is 9.86. The van der Waals surface area contributed by atoms with Crippen molar-refractivity contribution in [3.05, 3.63) is 259 Å². The molecular weight excluding hydrogens is 991 g/mol. The number of allylic oxidation sites excluding steroid dienone is 2. The van der Waals surface area contributed by atoms with Gasteiger partial charge in [0.15, 0.2) is 0 Å². The van der Waals surface area contributed by atoms with Crippen molar-refractivity contribution in [1.29, 1.82) is 0 Å². The van der Waals surface area contributed by atoms with Crippen molar-refractivity contribution in [3.63, 3.8) is 0 Å². The summed E-state index contributed by atoms with van der Waals surface area (Å²) in [5, 5.41) is 0. The van der Waals surface area contributed by atoms with Crippen LogP contribution in [0.1, 0.15) is 76.3 Å². The maximum Gasteiger partial charge on any atom is 0.0708 e. The fourth-order valence-corrected chi connectivity index (χ4v) is 14.7. The lowest BCUT2D eigenvalue weighted by Gasteiger charge is -2.26. The Balaban J connectivity index is 0.830. The van der Waals surface area contributed by atoms with Gasteiger partial charge in [-0.25, -0.2) is 0 Å². The van der Waals surface area contributed by atoms with Crippen molar-refractivity contribution in [3.8, 4) is 100 Å². The smallest absolute Gasteiger partial charge is 0.0708 e. The molecule has 0 saturated heterocycles. The summed E-state index contributed by atoms with van der Waals surface area (Å²) < 4.78 is 0.